The van der Waals surface area contributed by atoms with Crippen LogP contribution in [0.15, 0.2) is 18.2 Å². The Bertz CT molecular complexity index is 642. The van der Waals surface area contributed by atoms with Crippen molar-refractivity contribution in [2.24, 2.45) is 0 Å². The van der Waals surface area contributed by atoms with E-state index in [1.54, 1.807) is 18.9 Å². The number of nitrogens with zero attached hydrogens (tertiary/aromatic N) is 2. The molecule has 1 fully saturated rings. The molecule has 0 bridgehead atoms. The van der Waals surface area contributed by atoms with E-state index in [2.05, 4.69) is 25.7 Å². The van der Waals surface area contributed by atoms with E-state index in [9.17, 15) is 9.90 Å². The number of β-amino-alcohol motifs (C(OH)–C–C–N with tert-alkyl or cyclic N) is 1. The van der Waals surface area contributed by atoms with Crippen LogP contribution in [0.25, 0.3) is 0 Å². The van der Waals surface area contributed by atoms with Crippen molar-refractivity contribution in [1.82, 2.24) is 9.80 Å². The molecule has 1 aromatic rings. The molecule has 7 nitrogen and oxygen atoms in total. The van der Waals surface area contributed by atoms with Gasteiger partial charge in [-0.3, -0.25) is 4.90 Å². The van der Waals surface area contributed by atoms with Gasteiger partial charge in [-0.05, 0) is 30.5 Å². The third kappa shape index (κ3) is 7.57. The van der Waals surface area contributed by atoms with Gasteiger partial charge in [0.1, 0.15) is 24.2 Å². The third-order valence-corrected chi connectivity index (χ3v) is 4.79. The summed E-state index contributed by atoms with van der Waals surface area (Å²) in [7, 11) is 1.65. The van der Waals surface area contributed by atoms with Crippen molar-refractivity contribution < 1.29 is 36.5 Å². The minimum atomic E-state index is -0.607. The highest BCUT2D eigenvalue weighted by molar-refractivity contribution is 5.67. The van der Waals surface area contributed by atoms with Crippen molar-refractivity contribution in [2.45, 2.75) is 39.2 Å². The van der Waals surface area contributed by atoms with Gasteiger partial charge < -0.3 is 36.6 Å². The smallest absolute Gasteiger partial charge is 0.409 e. The Hall–Kier alpha value is -1.70. The second kappa shape index (κ2) is 11.5. The van der Waals surface area contributed by atoms with E-state index in [0.29, 0.717) is 39.3 Å². The summed E-state index contributed by atoms with van der Waals surface area (Å²) in [6.45, 7) is 11.9. The first-order valence-corrected chi connectivity index (χ1v) is 9.88. The van der Waals surface area contributed by atoms with E-state index >= 15 is 0 Å². The summed E-state index contributed by atoms with van der Waals surface area (Å²) in [5.41, 5.74) is 0.945. The summed E-state index contributed by atoms with van der Waals surface area (Å²) in [5.74, 6) is 1.55. The lowest BCUT2D eigenvalue weighted by Gasteiger charge is -2.35. The van der Waals surface area contributed by atoms with Crippen molar-refractivity contribution in [2.75, 3.05) is 53.0 Å². The second-order valence-corrected chi connectivity index (χ2v) is 8.06. The second-order valence-electron chi connectivity index (χ2n) is 8.06. The summed E-state index contributed by atoms with van der Waals surface area (Å²) >= 11 is 0. The first-order valence-electron chi connectivity index (χ1n) is 9.88. The van der Waals surface area contributed by atoms with Gasteiger partial charge in [0.2, 0.25) is 0 Å². The summed E-state index contributed by atoms with van der Waals surface area (Å²) in [5, 5.41) is 10.4. The van der Waals surface area contributed by atoms with Crippen LogP contribution in [-0.4, -0.2) is 80.2 Å². The fourth-order valence-corrected chi connectivity index (χ4v) is 3.21. The molecule has 1 saturated heterocycles. The van der Waals surface area contributed by atoms with Crippen LogP contribution in [0.5, 0.6) is 11.5 Å². The van der Waals surface area contributed by atoms with E-state index in [1.165, 1.54) is 0 Å². The number of aliphatic hydroxyl groups is 1. The first-order chi connectivity index (χ1) is 13.2. The predicted molar refractivity (Wildman–Crippen MR) is 108 cm³/mol. The summed E-state index contributed by atoms with van der Waals surface area (Å²) in [4.78, 5) is 15.6. The molecule has 0 spiro atoms. The molecule has 1 aromatic carbocycles. The largest absolute Gasteiger partial charge is 1.00 e. The average molecular weight is 430 g/mol. The minimum absolute atomic E-state index is 0. The van der Waals surface area contributed by atoms with Gasteiger partial charge in [0, 0.05) is 38.3 Å². The Morgan fingerprint density at radius 2 is 1.86 bits per heavy atom. The number of aliphatic hydroxyl groups excluding tert-OH is 1. The number of amides is 1. The molecule has 1 aliphatic rings. The minimum Gasteiger partial charge on any atom is -1.00 e. The zero-order chi connectivity index (χ0) is 20.7. The van der Waals surface area contributed by atoms with E-state index in [-0.39, 0.29) is 30.5 Å². The van der Waals surface area contributed by atoms with E-state index < -0.39 is 6.10 Å². The number of benzene rings is 1. The van der Waals surface area contributed by atoms with Crippen molar-refractivity contribution in [3.05, 3.63) is 23.8 Å². The first kappa shape index (κ1) is 25.3. The lowest BCUT2D eigenvalue weighted by atomic mass is 9.86. The summed E-state index contributed by atoms with van der Waals surface area (Å²) in [6, 6.07) is 5.74. The van der Waals surface area contributed by atoms with Gasteiger partial charge in [0.05, 0.1) is 13.7 Å². The molecular weight excluding hydrogens is 396 g/mol. The number of halogens is 1. The zero-order valence-electron chi connectivity index (χ0n) is 18.1. The number of carbonyl (C=O) groups is 1. The topological polar surface area (TPSA) is 71.5 Å². The van der Waals surface area contributed by atoms with Crippen LogP contribution >= 0.6 is 0 Å². The van der Waals surface area contributed by atoms with Gasteiger partial charge >= 0.3 is 6.09 Å². The zero-order valence-corrected chi connectivity index (χ0v) is 18.9. The van der Waals surface area contributed by atoms with Crippen LogP contribution in [-0.2, 0) is 10.2 Å². The normalized spacial score (nSPS) is 16.0. The Morgan fingerprint density at radius 1 is 1.21 bits per heavy atom. The molecule has 0 aliphatic carbocycles. The summed E-state index contributed by atoms with van der Waals surface area (Å²) < 4.78 is 16.3. The van der Waals surface area contributed by atoms with Gasteiger partial charge in [-0.15, -0.1) is 0 Å². The molecule has 2 rings (SSSR count). The number of methoxy groups -OCH3 is 1. The maximum Gasteiger partial charge on any atom is 0.409 e. The highest BCUT2D eigenvalue weighted by Gasteiger charge is 2.24. The van der Waals surface area contributed by atoms with Crippen LogP contribution in [0.4, 0.5) is 4.79 Å². The van der Waals surface area contributed by atoms with E-state index in [0.717, 1.165) is 17.1 Å². The predicted octanol–water partition coefficient (Wildman–Crippen LogP) is -0.489. The maximum atomic E-state index is 11.8. The number of hydrogen-bond donors (Lipinski definition) is 1. The number of piperazine rings is 1. The number of hydrogen-bond acceptors (Lipinski definition) is 6. The molecular formula is C21H34ClN2O5-. The molecule has 1 aliphatic heterocycles. The number of ether oxygens (including phenoxy) is 3. The van der Waals surface area contributed by atoms with Crippen LogP contribution in [0.1, 0.15) is 33.3 Å². The highest BCUT2D eigenvalue weighted by Crippen LogP contribution is 2.34. The maximum absolute atomic E-state index is 11.8. The Balaban J connectivity index is 0.00000420. The molecule has 0 aromatic heterocycles. The Morgan fingerprint density at radius 3 is 2.41 bits per heavy atom. The fourth-order valence-electron chi connectivity index (χ4n) is 3.21. The lowest BCUT2D eigenvalue weighted by Crippen LogP contribution is -3.00. The fraction of sp³-hybridized carbons (Fsp3) is 0.667. The highest BCUT2D eigenvalue weighted by atomic mass is 35.5. The average Bonchev–Trinajstić information content (AvgIpc) is 2.66. The quantitative estimate of drug-likeness (QED) is 0.630. The molecule has 1 amide bonds. The van der Waals surface area contributed by atoms with Gasteiger partial charge in [0.15, 0.2) is 0 Å². The monoisotopic (exact) mass is 429 g/mol. The molecule has 1 atom stereocenters. The lowest BCUT2D eigenvalue weighted by molar-refractivity contribution is -0.0000207. The molecule has 1 heterocycles. The van der Waals surface area contributed by atoms with Crippen molar-refractivity contribution in [1.29, 1.82) is 0 Å². The Kier molecular flexibility index (Phi) is 10.0. The van der Waals surface area contributed by atoms with Crippen LogP contribution in [0.3, 0.4) is 0 Å². The Labute approximate surface area is 180 Å². The van der Waals surface area contributed by atoms with Crippen LogP contribution in [0, 0.1) is 0 Å². The van der Waals surface area contributed by atoms with Crippen molar-refractivity contribution >= 4 is 6.09 Å². The molecule has 8 heteroatoms. The van der Waals surface area contributed by atoms with Gasteiger partial charge in [-0.1, -0.05) is 20.8 Å². The standard InChI is InChI=1S/C21H34N2O5.ClH/c1-6-27-20(25)23-11-9-22(10-12-23)14-16(24)15-28-19-8-7-17(26-5)13-18(19)21(2,3)4;/h7-8,13,16,24H,6,9-12,14-15H2,1-5H3;1H/p-1. The van der Waals surface area contributed by atoms with Gasteiger partial charge in [0.25, 0.3) is 0 Å². The van der Waals surface area contributed by atoms with Gasteiger partial charge in [-0.2, -0.15) is 0 Å². The molecule has 166 valence electrons. The molecule has 1 N–H and O–H groups in total. The van der Waals surface area contributed by atoms with Crippen LogP contribution in [0.2, 0.25) is 0 Å². The molecule has 0 saturated carbocycles. The van der Waals surface area contributed by atoms with E-state index in [4.69, 9.17) is 14.2 Å². The molecule has 1 unspecified atom stereocenters. The van der Waals surface area contributed by atoms with Crippen molar-refractivity contribution in [3.8, 4) is 11.5 Å². The third-order valence-electron chi connectivity index (χ3n) is 4.79. The van der Waals surface area contributed by atoms with Crippen molar-refractivity contribution in [3.63, 3.8) is 0 Å². The van der Waals surface area contributed by atoms with Crippen LogP contribution < -0.4 is 21.9 Å². The number of rotatable bonds is 7. The van der Waals surface area contributed by atoms with E-state index in [1.807, 2.05) is 18.2 Å². The summed E-state index contributed by atoms with van der Waals surface area (Å²) in [6.07, 6.45) is -0.871. The SMILES string of the molecule is CCOC(=O)N1CCN(CC(O)COc2ccc(OC)cc2C(C)(C)C)CC1.[Cl-]. The molecule has 0 radical (unpaired) electrons. The number of carbonyl (C=O) groups excluding carboxylic acids is 1. The molecule has 29 heavy (non-hydrogen) atoms. The van der Waals surface area contributed by atoms with Gasteiger partial charge in [-0.25, -0.2) is 4.79 Å².